The van der Waals surface area contributed by atoms with E-state index < -0.39 is 0 Å². The molecule has 1 atom stereocenters. The van der Waals surface area contributed by atoms with Gasteiger partial charge in [0.25, 0.3) is 0 Å². The third-order valence-electron chi connectivity index (χ3n) is 3.14. The van der Waals surface area contributed by atoms with Gasteiger partial charge in [-0.25, -0.2) is 0 Å². The van der Waals surface area contributed by atoms with Gasteiger partial charge in [-0.05, 0) is 30.7 Å². The zero-order chi connectivity index (χ0) is 15.2. The van der Waals surface area contributed by atoms with Crippen molar-refractivity contribution in [1.29, 1.82) is 0 Å². The van der Waals surface area contributed by atoms with E-state index in [2.05, 4.69) is 10.6 Å². The third kappa shape index (κ3) is 4.18. The zero-order valence-electron chi connectivity index (χ0n) is 12.1. The summed E-state index contributed by atoms with van der Waals surface area (Å²) in [4.78, 5) is 23.3. The maximum Gasteiger partial charge on any atom is 0.231 e. The first kappa shape index (κ1) is 14.8. The molecular weight excluding hydrogens is 264 g/mol. The van der Waals surface area contributed by atoms with Crippen molar-refractivity contribution in [3.63, 3.8) is 0 Å². The largest absolute Gasteiger partial charge is 0.326 e. The van der Waals surface area contributed by atoms with Gasteiger partial charge in [0, 0.05) is 18.3 Å². The summed E-state index contributed by atoms with van der Waals surface area (Å²) < 4.78 is 0. The van der Waals surface area contributed by atoms with Crippen molar-refractivity contribution in [3.05, 3.63) is 60.2 Å². The maximum atomic E-state index is 12.2. The number of amides is 2. The van der Waals surface area contributed by atoms with Crippen LogP contribution in [0.1, 0.15) is 25.3 Å². The zero-order valence-corrected chi connectivity index (χ0v) is 12.1. The number of hydrogen-bond donors (Lipinski definition) is 2. The summed E-state index contributed by atoms with van der Waals surface area (Å²) in [5, 5.41) is 5.55. The van der Waals surface area contributed by atoms with Gasteiger partial charge in [-0.15, -0.1) is 0 Å². The minimum Gasteiger partial charge on any atom is -0.326 e. The van der Waals surface area contributed by atoms with Crippen LogP contribution in [0, 0.1) is 0 Å². The minimum absolute atomic E-state index is 0.0822. The number of carbonyl (C=O) groups is 2. The first-order chi connectivity index (χ1) is 10.1. The van der Waals surface area contributed by atoms with E-state index >= 15 is 0 Å². The normalized spacial score (nSPS) is 11.5. The summed E-state index contributed by atoms with van der Waals surface area (Å²) >= 11 is 0. The standard InChI is InChI=1S/C17H18N2O2/c1-12(14-7-4-3-5-8-14)17(21)19-16-10-6-9-15(11-16)18-13(2)20/h3-12H,1-2H3,(H,18,20)(H,19,21)/t12-/m1/s1. The van der Waals surface area contributed by atoms with Crippen molar-refractivity contribution >= 4 is 23.2 Å². The topological polar surface area (TPSA) is 58.2 Å². The van der Waals surface area contributed by atoms with Gasteiger partial charge in [-0.2, -0.15) is 0 Å². The van der Waals surface area contributed by atoms with Gasteiger partial charge in [0.1, 0.15) is 0 Å². The van der Waals surface area contributed by atoms with Crippen molar-refractivity contribution < 1.29 is 9.59 Å². The number of hydrogen-bond acceptors (Lipinski definition) is 2. The highest BCUT2D eigenvalue weighted by molar-refractivity contribution is 5.96. The molecule has 2 rings (SSSR count). The molecule has 4 nitrogen and oxygen atoms in total. The van der Waals surface area contributed by atoms with Crippen LogP contribution in [0.3, 0.4) is 0 Å². The molecule has 0 bridgehead atoms. The van der Waals surface area contributed by atoms with Crippen molar-refractivity contribution in [2.24, 2.45) is 0 Å². The molecule has 2 aromatic rings. The Labute approximate surface area is 124 Å². The molecule has 0 saturated heterocycles. The molecule has 0 aliphatic heterocycles. The van der Waals surface area contributed by atoms with Crippen molar-refractivity contribution in [3.8, 4) is 0 Å². The lowest BCUT2D eigenvalue weighted by atomic mass is 10.0. The van der Waals surface area contributed by atoms with Gasteiger partial charge in [-0.3, -0.25) is 9.59 Å². The summed E-state index contributed by atoms with van der Waals surface area (Å²) in [6.45, 7) is 3.31. The fourth-order valence-electron chi connectivity index (χ4n) is 2.02. The second kappa shape index (κ2) is 6.70. The molecule has 2 N–H and O–H groups in total. The molecule has 0 unspecified atom stereocenters. The van der Waals surface area contributed by atoms with E-state index in [4.69, 9.17) is 0 Å². The maximum absolute atomic E-state index is 12.2. The van der Waals surface area contributed by atoms with E-state index in [1.807, 2.05) is 37.3 Å². The second-order valence-electron chi connectivity index (χ2n) is 4.88. The number of rotatable bonds is 4. The van der Waals surface area contributed by atoms with E-state index in [0.717, 1.165) is 5.56 Å². The van der Waals surface area contributed by atoms with Crippen LogP contribution in [0.5, 0.6) is 0 Å². The average molecular weight is 282 g/mol. The average Bonchev–Trinajstić information content (AvgIpc) is 2.47. The highest BCUT2D eigenvalue weighted by Gasteiger charge is 2.14. The summed E-state index contributed by atoms with van der Waals surface area (Å²) in [5.74, 6) is -0.465. The fraction of sp³-hybridized carbons (Fsp3) is 0.176. The SMILES string of the molecule is CC(=O)Nc1cccc(NC(=O)[C@H](C)c2ccccc2)c1. The first-order valence-corrected chi connectivity index (χ1v) is 6.79. The van der Waals surface area contributed by atoms with Crippen molar-refractivity contribution in [1.82, 2.24) is 0 Å². The van der Waals surface area contributed by atoms with Gasteiger partial charge in [0.05, 0.1) is 5.92 Å². The predicted molar refractivity (Wildman–Crippen MR) is 84.2 cm³/mol. The second-order valence-corrected chi connectivity index (χ2v) is 4.88. The smallest absolute Gasteiger partial charge is 0.231 e. The lowest BCUT2D eigenvalue weighted by molar-refractivity contribution is -0.117. The molecule has 108 valence electrons. The lowest BCUT2D eigenvalue weighted by Crippen LogP contribution is -2.19. The van der Waals surface area contributed by atoms with Crippen molar-refractivity contribution in [2.75, 3.05) is 10.6 Å². The monoisotopic (exact) mass is 282 g/mol. The number of carbonyl (C=O) groups excluding carboxylic acids is 2. The molecule has 2 aromatic carbocycles. The van der Waals surface area contributed by atoms with Crippen LogP contribution >= 0.6 is 0 Å². The number of benzene rings is 2. The summed E-state index contributed by atoms with van der Waals surface area (Å²) in [6.07, 6.45) is 0. The summed E-state index contributed by atoms with van der Waals surface area (Å²) in [7, 11) is 0. The summed E-state index contributed by atoms with van der Waals surface area (Å²) in [5.41, 5.74) is 2.29. The Morgan fingerprint density at radius 1 is 0.905 bits per heavy atom. The Hall–Kier alpha value is -2.62. The van der Waals surface area contributed by atoms with E-state index in [9.17, 15) is 9.59 Å². The van der Waals surface area contributed by atoms with Crippen LogP contribution < -0.4 is 10.6 Å². The molecule has 0 aromatic heterocycles. The minimum atomic E-state index is -0.240. The van der Waals surface area contributed by atoms with Crippen LogP contribution in [0.4, 0.5) is 11.4 Å². The Kier molecular flexibility index (Phi) is 4.72. The molecule has 21 heavy (non-hydrogen) atoms. The summed E-state index contributed by atoms with van der Waals surface area (Å²) in [6, 6.07) is 16.7. The van der Waals surface area contributed by atoms with Crippen LogP contribution in [0.25, 0.3) is 0 Å². The molecule has 0 spiro atoms. The Balaban J connectivity index is 2.07. The molecule has 0 saturated carbocycles. The van der Waals surface area contributed by atoms with Crippen molar-refractivity contribution in [2.45, 2.75) is 19.8 Å². The highest BCUT2D eigenvalue weighted by Crippen LogP contribution is 2.19. The molecule has 2 amide bonds. The van der Waals surface area contributed by atoms with Gasteiger partial charge < -0.3 is 10.6 Å². The number of nitrogens with one attached hydrogen (secondary N) is 2. The van der Waals surface area contributed by atoms with Crippen LogP contribution in [-0.4, -0.2) is 11.8 Å². The Morgan fingerprint density at radius 2 is 1.52 bits per heavy atom. The molecular formula is C17H18N2O2. The van der Waals surface area contributed by atoms with Gasteiger partial charge in [0.15, 0.2) is 0 Å². The fourth-order valence-corrected chi connectivity index (χ4v) is 2.02. The molecule has 0 aliphatic rings. The first-order valence-electron chi connectivity index (χ1n) is 6.79. The van der Waals surface area contributed by atoms with Crippen LogP contribution in [0.15, 0.2) is 54.6 Å². The molecule has 0 fully saturated rings. The van der Waals surface area contributed by atoms with Gasteiger partial charge in [-0.1, -0.05) is 36.4 Å². The highest BCUT2D eigenvalue weighted by atomic mass is 16.2. The van der Waals surface area contributed by atoms with Crippen LogP contribution in [-0.2, 0) is 9.59 Å². The molecule has 0 heterocycles. The van der Waals surface area contributed by atoms with E-state index in [1.54, 1.807) is 24.3 Å². The van der Waals surface area contributed by atoms with E-state index in [1.165, 1.54) is 6.92 Å². The van der Waals surface area contributed by atoms with Gasteiger partial charge in [0.2, 0.25) is 11.8 Å². The predicted octanol–water partition coefficient (Wildman–Crippen LogP) is 3.39. The molecule has 0 aliphatic carbocycles. The lowest BCUT2D eigenvalue weighted by Gasteiger charge is -2.13. The molecule has 4 heteroatoms. The van der Waals surface area contributed by atoms with Gasteiger partial charge >= 0.3 is 0 Å². The molecule has 0 radical (unpaired) electrons. The van der Waals surface area contributed by atoms with Crippen LogP contribution in [0.2, 0.25) is 0 Å². The Morgan fingerprint density at radius 3 is 2.14 bits per heavy atom. The van der Waals surface area contributed by atoms with E-state index in [-0.39, 0.29) is 17.7 Å². The third-order valence-corrected chi connectivity index (χ3v) is 3.14. The Bertz CT molecular complexity index is 638. The van der Waals surface area contributed by atoms with E-state index in [0.29, 0.717) is 11.4 Å². The quantitative estimate of drug-likeness (QED) is 0.903. The number of anilines is 2.